The molecule has 2 unspecified atom stereocenters. The Morgan fingerprint density at radius 1 is 1.29 bits per heavy atom. The van der Waals surface area contributed by atoms with Crippen molar-refractivity contribution in [2.75, 3.05) is 18.4 Å². The van der Waals surface area contributed by atoms with Crippen molar-refractivity contribution in [3.63, 3.8) is 0 Å². The number of carbonyl (C=O) groups excluding carboxylic acids is 2. The van der Waals surface area contributed by atoms with Crippen LogP contribution in [0.5, 0.6) is 0 Å². The van der Waals surface area contributed by atoms with Crippen LogP contribution < -0.4 is 5.32 Å². The minimum atomic E-state index is -0.527. The minimum absolute atomic E-state index is 0.0897. The molecule has 1 aromatic heterocycles. The number of anilines is 1. The van der Waals surface area contributed by atoms with E-state index in [2.05, 4.69) is 10.3 Å². The predicted molar refractivity (Wildman–Crippen MR) is 74.4 cm³/mol. The number of nitro groups is 1. The standard InChI is InChI=1S/C13H16N4O4/c1-8-9(2)13(19)16(12(8)18)6-5-14-11-4-3-10(7-15-11)17(20)21/h3-4,7-9H,5-6H2,1-2H3,(H,14,15). The highest BCUT2D eigenvalue weighted by Crippen LogP contribution is 2.24. The highest BCUT2D eigenvalue weighted by atomic mass is 16.6. The van der Waals surface area contributed by atoms with E-state index in [0.717, 1.165) is 6.20 Å². The molecule has 112 valence electrons. The van der Waals surface area contributed by atoms with Crippen LogP contribution in [0.1, 0.15) is 13.8 Å². The second-order valence-electron chi connectivity index (χ2n) is 4.99. The molecular weight excluding hydrogens is 276 g/mol. The van der Waals surface area contributed by atoms with Gasteiger partial charge in [0.2, 0.25) is 11.8 Å². The molecule has 0 aromatic carbocycles. The number of nitrogens with one attached hydrogen (secondary N) is 1. The zero-order chi connectivity index (χ0) is 15.6. The summed E-state index contributed by atoms with van der Waals surface area (Å²) in [5, 5.41) is 13.4. The Bertz CT molecular complexity index is 552. The maximum atomic E-state index is 11.9. The van der Waals surface area contributed by atoms with Crippen LogP contribution in [-0.2, 0) is 9.59 Å². The second kappa shape index (κ2) is 5.86. The first-order valence-corrected chi connectivity index (χ1v) is 6.61. The molecule has 1 N–H and O–H groups in total. The number of likely N-dealkylation sites (tertiary alicyclic amines) is 1. The van der Waals surface area contributed by atoms with E-state index in [1.165, 1.54) is 17.0 Å². The van der Waals surface area contributed by atoms with Gasteiger partial charge in [0, 0.05) is 31.0 Å². The van der Waals surface area contributed by atoms with Crippen LogP contribution in [-0.4, -0.2) is 39.7 Å². The van der Waals surface area contributed by atoms with Crippen molar-refractivity contribution in [3.8, 4) is 0 Å². The van der Waals surface area contributed by atoms with E-state index in [9.17, 15) is 19.7 Å². The lowest BCUT2D eigenvalue weighted by atomic mass is 10.00. The number of rotatable bonds is 5. The molecule has 0 spiro atoms. The largest absolute Gasteiger partial charge is 0.368 e. The minimum Gasteiger partial charge on any atom is -0.368 e. The summed E-state index contributed by atoms with van der Waals surface area (Å²) >= 11 is 0. The second-order valence-corrected chi connectivity index (χ2v) is 4.99. The van der Waals surface area contributed by atoms with E-state index >= 15 is 0 Å². The van der Waals surface area contributed by atoms with Gasteiger partial charge in [-0.05, 0) is 6.07 Å². The predicted octanol–water partition coefficient (Wildman–Crippen LogP) is 1.04. The molecule has 2 amide bonds. The Morgan fingerprint density at radius 2 is 1.90 bits per heavy atom. The van der Waals surface area contributed by atoms with E-state index in [0.29, 0.717) is 12.4 Å². The van der Waals surface area contributed by atoms with Gasteiger partial charge in [0.1, 0.15) is 12.0 Å². The Hall–Kier alpha value is -2.51. The maximum absolute atomic E-state index is 11.9. The van der Waals surface area contributed by atoms with Crippen molar-refractivity contribution in [1.82, 2.24) is 9.88 Å². The first kappa shape index (κ1) is 14.9. The Morgan fingerprint density at radius 3 is 2.38 bits per heavy atom. The van der Waals surface area contributed by atoms with Crippen LogP contribution >= 0.6 is 0 Å². The number of hydrogen-bond acceptors (Lipinski definition) is 6. The van der Waals surface area contributed by atoms with Crippen LogP contribution in [0.4, 0.5) is 11.5 Å². The number of imide groups is 1. The van der Waals surface area contributed by atoms with Crippen LogP contribution in [0.2, 0.25) is 0 Å². The topological polar surface area (TPSA) is 105 Å². The summed E-state index contributed by atoms with van der Waals surface area (Å²) in [6.07, 6.45) is 1.15. The number of aromatic nitrogens is 1. The number of nitrogens with zero attached hydrogens (tertiary/aromatic N) is 3. The van der Waals surface area contributed by atoms with Crippen LogP contribution in [0, 0.1) is 22.0 Å². The first-order chi connectivity index (χ1) is 9.91. The molecule has 1 saturated heterocycles. The fourth-order valence-electron chi connectivity index (χ4n) is 2.14. The average molecular weight is 292 g/mol. The van der Waals surface area contributed by atoms with E-state index in [4.69, 9.17) is 0 Å². The van der Waals surface area contributed by atoms with E-state index in [1.54, 1.807) is 13.8 Å². The van der Waals surface area contributed by atoms with Gasteiger partial charge >= 0.3 is 0 Å². The van der Waals surface area contributed by atoms with E-state index in [1.807, 2.05) is 0 Å². The summed E-state index contributed by atoms with van der Waals surface area (Å²) in [6, 6.07) is 2.82. The van der Waals surface area contributed by atoms with Crippen molar-refractivity contribution < 1.29 is 14.5 Å². The van der Waals surface area contributed by atoms with Crippen molar-refractivity contribution in [2.24, 2.45) is 11.8 Å². The monoisotopic (exact) mass is 292 g/mol. The average Bonchev–Trinajstić information content (AvgIpc) is 2.65. The molecule has 0 saturated carbocycles. The zero-order valence-electron chi connectivity index (χ0n) is 11.8. The van der Waals surface area contributed by atoms with Crippen LogP contribution in [0.25, 0.3) is 0 Å². The van der Waals surface area contributed by atoms with Gasteiger partial charge in [-0.2, -0.15) is 0 Å². The third-order valence-corrected chi connectivity index (χ3v) is 3.66. The van der Waals surface area contributed by atoms with E-state index < -0.39 is 4.92 Å². The SMILES string of the molecule is CC1C(=O)N(CCNc2ccc([N+](=O)[O-])cn2)C(=O)C1C. The van der Waals surface area contributed by atoms with Crippen molar-refractivity contribution in [3.05, 3.63) is 28.4 Å². The smallest absolute Gasteiger partial charge is 0.287 e. The van der Waals surface area contributed by atoms with Gasteiger partial charge in [-0.25, -0.2) is 4.98 Å². The van der Waals surface area contributed by atoms with Gasteiger partial charge in [-0.3, -0.25) is 24.6 Å². The molecule has 2 atom stereocenters. The highest BCUT2D eigenvalue weighted by molar-refractivity contribution is 6.04. The molecule has 2 heterocycles. The summed E-state index contributed by atoms with van der Waals surface area (Å²) < 4.78 is 0. The van der Waals surface area contributed by atoms with Gasteiger partial charge in [0.15, 0.2) is 0 Å². The molecule has 0 bridgehead atoms. The quantitative estimate of drug-likeness (QED) is 0.494. The lowest BCUT2D eigenvalue weighted by Gasteiger charge is -2.15. The fourth-order valence-corrected chi connectivity index (χ4v) is 2.14. The summed E-state index contributed by atoms with van der Waals surface area (Å²) in [6.45, 7) is 4.10. The van der Waals surface area contributed by atoms with Gasteiger partial charge in [0.05, 0.1) is 4.92 Å². The first-order valence-electron chi connectivity index (χ1n) is 6.61. The summed E-state index contributed by atoms with van der Waals surface area (Å²) in [7, 11) is 0. The number of carbonyl (C=O) groups is 2. The van der Waals surface area contributed by atoms with Gasteiger partial charge in [0.25, 0.3) is 5.69 Å². The Labute approximate surface area is 121 Å². The third-order valence-electron chi connectivity index (χ3n) is 3.66. The van der Waals surface area contributed by atoms with Gasteiger partial charge in [-0.1, -0.05) is 13.8 Å². The molecule has 8 heteroatoms. The van der Waals surface area contributed by atoms with Gasteiger partial charge < -0.3 is 5.32 Å². The molecule has 1 aliphatic heterocycles. The summed E-state index contributed by atoms with van der Waals surface area (Å²) in [5.74, 6) is -0.428. The van der Waals surface area contributed by atoms with Crippen LogP contribution in [0.15, 0.2) is 18.3 Å². The summed E-state index contributed by atoms with van der Waals surface area (Å²) in [5.41, 5.74) is -0.0897. The molecule has 1 aromatic rings. The maximum Gasteiger partial charge on any atom is 0.287 e. The normalized spacial score (nSPS) is 21.7. The van der Waals surface area contributed by atoms with Gasteiger partial charge in [-0.15, -0.1) is 0 Å². The molecule has 1 fully saturated rings. The Kier molecular flexibility index (Phi) is 4.15. The highest BCUT2D eigenvalue weighted by Gasteiger charge is 2.41. The zero-order valence-corrected chi connectivity index (χ0v) is 11.8. The van der Waals surface area contributed by atoms with Crippen molar-refractivity contribution in [1.29, 1.82) is 0 Å². The lowest BCUT2D eigenvalue weighted by Crippen LogP contribution is -2.35. The molecule has 8 nitrogen and oxygen atoms in total. The fraction of sp³-hybridized carbons (Fsp3) is 0.462. The molecule has 0 aliphatic carbocycles. The number of hydrogen-bond donors (Lipinski definition) is 1. The summed E-state index contributed by atoms with van der Waals surface area (Å²) in [4.78, 5) is 38.9. The third kappa shape index (κ3) is 2.99. The molecular formula is C13H16N4O4. The molecule has 2 rings (SSSR count). The van der Waals surface area contributed by atoms with Crippen molar-refractivity contribution in [2.45, 2.75) is 13.8 Å². The molecule has 0 radical (unpaired) electrons. The molecule has 21 heavy (non-hydrogen) atoms. The number of amides is 2. The van der Waals surface area contributed by atoms with E-state index in [-0.39, 0.29) is 35.9 Å². The molecule has 1 aliphatic rings. The lowest BCUT2D eigenvalue weighted by molar-refractivity contribution is -0.385. The Balaban J connectivity index is 1.88. The van der Waals surface area contributed by atoms with Crippen molar-refractivity contribution >= 4 is 23.3 Å². The van der Waals surface area contributed by atoms with Crippen LogP contribution in [0.3, 0.4) is 0 Å². The number of pyridine rings is 1.